The molecule has 0 saturated heterocycles. The molecule has 1 aromatic rings. The van der Waals surface area contributed by atoms with Crippen LogP contribution in [0, 0.1) is 0 Å². The molecular formula is C3H7BCuN2O3. The molecule has 5 nitrogen and oxygen atoms in total. The van der Waals surface area contributed by atoms with Gasteiger partial charge in [0, 0.05) is 29.5 Å². The maximum absolute atomic E-state index is 7.17. The van der Waals surface area contributed by atoms with Gasteiger partial charge in [0.15, 0.2) is 0 Å². The SMILES string of the molecule is OB(O)O.[Cu].c1cn[nH]c1. The third-order valence-corrected chi connectivity index (χ3v) is 0.406. The van der Waals surface area contributed by atoms with Crippen molar-refractivity contribution in [3.63, 3.8) is 0 Å². The molecule has 7 heteroatoms. The van der Waals surface area contributed by atoms with Crippen molar-refractivity contribution in [3.05, 3.63) is 18.5 Å². The zero-order valence-electron chi connectivity index (χ0n) is 4.90. The molecule has 0 spiro atoms. The van der Waals surface area contributed by atoms with Gasteiger partial charge in [-0.15, -0.1) is 0 Å². The van der Waals surface area contributed by atoms with Crippen LogP contribution in [0.25, 0.3) is 0 Å². The molecule has 4 N–H and O–H groups in total. The van der Waals surface area contributed by atoms with Gasteiger partial charge in [-0.25, -0.2) is 0 Å². The number of aromatic nitrogens is 2. The molecule has 0 aliphatic heterocycles. The Morgan fingerprint density at radius 3 is 1.90 bits per heavy atom. The van der Waals surface area contributed by atoms with Crippen LogP contribution in [-0.2, 0) is 17.1 Å². The smallest absolute Gasteiger partial charge is 0.402 e. The van der Waals surface area contributed by atoms with Crippen LogP contribution in [0.5, 0.6) is 0 Å². The first kappa shape index (κ1) is 12.4. The molecule has 1 aromatic heterocycles. The number of nitrogens with one attached hydrogen (secondary N) is 1. The van der Waals surface area contributed by atoms with Gasteiger partial charge in [0.25, 0.3) is 0 Å². The van der Waals surface area contributed by atoms with Crippen LogP contribution in [0.3, 0.4) is 0 Å². The van der Waals surface area contributed by atoms with Crippen molar-refractivity contribution in [3.8, 4) is 0 Å². The van der Waals surface area contributed by atoms with Gasteiger partial charge in [0.1, 0.15) is 0 Å². The quantitative estimate of drug-likeness (QED) is 0.372. The van der Waals surface area contributed by atoms with Crippen LogP contribution in [0.1, 0.15) is 0 Å². The molecule has 10 heavy (non-hydrogen) atoms. The standard InChI is InChI=1S/C3H4N2.BH3O3.Cu/c1-2-4-5-3-1;2-1(3)4;/h1-3H,(H,4,5);2-4H;. The Balaban J connectivity index is 0. The van der Waals surface area contributed by atoms with E-state index in [0.717, 1.165) is 0 Å². The molecule has 1 radical (unpaired) electrons. The summed E-state index contributed by atoms with van der Waals surface area (Å²) in [7, 11) is -2.17. The van der Waals surface area contributed by atoms with E-state index in [0.29, 0.717) is 0 Å². The predicted octanol–water partition coefficient (Wildman–Crippen LogP) is -1.64. The number of H-pyrrole nitrogens is 1. The normalized spacial score (nSPS) is 6.70. The van der Waals surface area contributed by atoms with Gasteiger partial charge in [-0.2, -0.15) is 5.10 Å². The third-order valence-electron chi connectivity index (χ3n) is 0.406. The van der Waals surface area contributed by atoms with Crippen LogP contribution < -0.4 is 0 Å². The summed E-state index contributed by atoms with van der Waals surface area (Å²) in [5.74, 6) is 0. The Morgan fingerprint density at radius 2 is 1.80 bits per heavy atom. The van der Waals surface area contributed by atoms with Gasteiger partial charge < -0.3 is 15.1 Å². The third kappa shape index (κ3) is 15.6. The Morgan fingerprint density at radius 1 is 1.30 bits per heavy atom. The Kier molecular flexibility index (Phi) is 10.7. The zero-order chi connectivity index (χ0) is 7.11. The monoisotopic (exact) mass is 193 g/mol. The van der Waals surface area contributed by atoms with Crippen molar-refractivity contribution in [1.29, 1.82) is 0 Å². The zero-order valence-corrected chi connectivity index (χ0v) is 5.84. The average Bonchev–Trinajstić information content (AvgIpc) is 2.11. The molecule has 0 amide bonds. The number of rotatable bonds is 0. The fourth-order valence-corrected chi connectivity index (χ4v) is 0.215. The number of hydrogen-bond acceptors (Lipinski definition) is 4. The molecule has 0 saturated carbocycles. The molecule has 0 aliphatic rings. The summed E-state index contributed by atoms with van der Waals surface area (Å²) in [6.45, 7) is 0. The van der Waals surface area contributed by atoms with Gasteiger partial charge in [0.2, 0.25) is 0 Å². The van der Waals surface area contributed by atoms with Crippen LogP contribution in [0.15, 0.2) is 18.5 Å². The van der Waals surface area contributed by atoms with Crippen molar-refractivity contribution in [2.45, 2.75) is 0 Å². The van der Waals surface area contributed by atoms with E-state index in [1.165, 1.54) is 0 Å². The van der Waals surface area contributed by atoms with Gasteiger partial charge in [-0.1, -0.05) is 0 Å². The minimum Gasteiger partial charge on any atom is -0.402 e. The molecule has 1 rings (SSSR count). The molecule has 0 atom stereocenters. The fraction of sp³-hybridized carbons (Fsp3) is 0. The van der Waals surface area contributed by atoms with Crippen molar-refractivity contribution < 1.29 is 32.1 Å². The molecular weight excluding hydrogens is 186 g/mol. The summed E-state index contributed by atoms with van der Waals surface area (Å²) in [6.07, 6.45) is 3.46. The summed E-state index contributed by atoms with van der Waals surface area (Å²) in [5, 5.41) is 27.7. The van der Waals surface area contributed by atoms with E-state index in [4.69, 9.17) is 15.1 Å². The van der Waals surface area contributed by atoms with E-state index in [9.17, 15) is 0 Å². The summed E-state index contributed by atoms with van der Waals surface area (Å²) in [5.41, 5.74) is 0. The van der Waals surface area contributed by atoms with Crippen LogP contribution in [0.2, 0.25) is 0 Å². The van der Waals surface area contributed by atoms with E-state index in [1.54, 1.807) is 12.4 Å². The summed E-state index contributed by atoms with van der Waals surface area (Å²) < 4.78 is 0. The topological polar surface area (TPSA) is 89.4 Å². The number of aromatic amines is 1. The minimum atomic E-state index is -2.17. The first-order valence-corrected chi connectivity index (χ1v) is 2.21. The Hall–Kier alpha value is -0.326. The molecule has 0 fully saturated rings. The van der Waals surface area contributed by atoms with Gasteiger partial charge >= 0.3 is 7.32 Å². The molecule has 0 unspecified atom stereocenters. The second-order valence-corrected chi connectivity index (χ2v) is 1.11. The predicted molar refractivity (Wildman–Crippen MR) is 31.0 cm³/mol. The van der Waals surface area contributed by atoms with Crippen molar-refractivity contribution in [1.82, 2.24) is 10.2 Å². The van der Waals surface area contributed by atoms with Gasteiger partial charge in [-0.3, -0.25) is 5.10 Å². The summed E-state index contributed by atoms with van der Waals surface area (Å²) >= 11 is 0. The van der Waals surface area contributed by atoms with Crippen LogP contribution >= 0.6 is 0 Å². The molecule has 1 heterocycles. The van der Waals surface area contributed by atoms with Crippen LogP contribution in [0.4, 0.5) is 0 Å². The second-order valence-electron chi connectivity index (χ2n) is 1.11. The molecule has 0 bridgehead atoms. The summed E-state index contributed by atoms with van der Waals surface area (Å²) in [4.78, 5) is 0. The molecule has 0 aliphatic carbocycles. The van der Waals surface area contributed by atoms with E-state index in [1.807, 2.05) is 6.07 Å². The Bertz CT molecular complexity index is 105. The first-order chi connectivity index (χ1) is 4.23. The van der Waals surface area contributed by atoms with E-state index >= 15 is 0 Å². The fourth-order valence-electron chi connectivity index (χ4n) is 0.215. The van der Waals surface area contributed by atoms with E-state index in [-0.39, 0.29) is 17.1 Å². The summed E-state index contributed by atoms with van der Waals surface area (Å²) in [6, 6.07) is 1.83. The first-order valence-electron chi connectivity index (χ1n) is 2.21. The maximum atomic E-state index is 7.17. The largest absolute Gasteiger partial charge is 0.631 e. The van der Waals surface area contributed by atoms with Crippen LogP contribution in [-0.4, -0.2) is 32.6 Å². The minimum absolute atomic E-state index is 0. The Labute approximate surface area is 68.7 Å². The second kappa shape index (κ2) is 8.67. The van der Waals surface area contributed by atoms with E-state index < -0.39 is 7.32 Å². The van der Waals surface area contributed by atoms with Gasteiger partial charge in [-0.05, 0) is 6.07 Å². The number of hydrogen-bond donors (Lipinski definition) is 4. The van der Waals surface area contributed by atoms with Crippen molar-refractivity contribution in [2.24, 2.45) is 0 Å². The van der Waals surface area contributed by atoms with Crippen molar-refractivity contribution in [2.75, 3.05) is 0 Å². The molecule has 61 valence electrons. The maximum Gasteiger partial charge on any atom is 0.631 e. The number of nitrogens with zero attached hydrogens (tertiary/aromatic N) is 1. The molecule has 0 aromatic carbocycles. The van der Waals surface area contributed by atoms with Gasteiger partial charge in [0.05, 0.1) is 0 Å². The van der Waals surface area contributed by atoms with E-state index in [2.05, 4.69) is 10.2 Å². The average molecular weight is 193 g/mol. The van der Waals surface area contributed by atoms with Crippen molar-refractivity contribution >= 4 is 7.32 Å².